The lowest BCUT2D eigenvalue weighted by molar-refractivity contribution is 0.0950. The molecule has 0 fully saturated rings. The Labute approximate surface area is 178 Å². The molecule has 3 rings (SSSR count). The van der Waals surface area contributed by atoms with Crippen LogP contribution in [0.1, 0.15) is 54.1 Å². The highest BCUT2D eigenvalue weighted by Crippen LogP contribution is 2.19. The summed E-state index contributed by atoms with van der Waals surface area (Å²) in [5.74, 6) is 0.267. The van der Waals surface area contributed by atoms with E-state index in [0.717, 1.165) is 42.5 Å². The van der Waals surface area contributed by atoms with Gasteiger partial charge in [-0.25, -0.2) is 5.43 Å². The van der Waals surface area contributed by atoms with Gasteiger partial charge in [0.05, 0.1) is 11.3 Å². The predicted molar refractivity (Wildman–Crippen MR) is 122 cm³/mol. The summed E-state index contributed by atoms with van der Waals surface area (Å²) in [7, 11) is 0. The summed E-state index contributed by atoms with van der Waals surface area (Å²) >= 11 is 0. The molecular formula is C26H28N2O2. The van der Waals surface area contributed by atoms with Gasteiger partial charge in [0, 0.05) is 0 Å². The Morgan fingerprint density at radius 3 is 2.27 bits per heavy atom. The van der Waals surface area contributed by atoms with Gasteiger partial charge in [-0.05, 0) is 36.1 Å². The monoisotopic (exact) mass is 400 g/mol. The predicted octanol–water partition coefficient (Wildman–Crippen LogP) is 5.98. The zero-order chi connectivity index (χ0) is 21.0. The van der Waals surface area contributed by atoms with Gasteiger partial charge in [0.2, 0.25) is 0 Å². The van der Waals surface area contributed by atoms with Gasteiger partial charge in [-0.2, -0.15) is 5.10 Å². The van der Waals surface area contributed by atoms with E-state index in [0.29, 0.717) is 17.9 Å². The first kappa shape index (κ1) is 21.3. The van der Waals surface area contributed by atoms with Crippen LogP contribution in [0.25, 0.3) is 0 Å². The van der Waals surface area contributed by atoms with E-state index in [1.165, 1.54) is 0 Å². The maximum absolute atomic E-state index is 12.8. The van der Waals surface area contributed by atoms with Crippen molar-refractivity contribution in [3.05, 3.63) is 102 Å². The van der Waals surface area contributed by atoms with Crippen molar-refractivity contribution in [1.82, 2.24) is 5.43 Å². The highest BCUT2D eigenvalue weighted by molar-refractivity contribution is 6.02. The Morgan fingerprint density at radius 2 is 1.53 bits per heavy atom. The van der Waals surface area contributed by atoms with Crippen LogP contribution >= 0.6 is 0 Å². The number of benzene rings is 3. The zero-order valence-electron chi connectivity index (χ0n) is 17.4. The molecule has 0 unspecified atom stereocenters. The van der Waals surface area contributed by atoms with Crippen LogP contribution in [0.15, 0.2) is 90.0 Å². The fraction of sp³-hybridized carbons (Fsp3) is 0.231. The summed E-state index contributed by atoms with van der Waals surface area (Å²) in [5, 5.41) is 4.46. The molecule has 0 aromatic heterocycles. The number of nitrogens with one attached hydrogen (secondary N) is 1. The van der Waals surface area contributed by atoms with Gasteiger partial charge >= 0.3 is 0 Å². The van der Waals surface area contributed by atoms with Crippen LogP contribution in [0, 0.1) is 0 Å². The van der Waals surface area contributed by atoms with Crippen LogP contribution in [-0.2, 0) is 6.61 Å². The summed E-state index contributed by atoms with van der Waals surface area (Å²) in [5.41, 5.74) is 6.17. The molecule has 0 heterocycles. The molecule has 0 bridgehead atoms. The number of nitrogens with zero attached hydrogens (tertiary/aromatic N) is 1. The van der Waals surface area contributed by atoms with E-state index in [2.05, 4.69) is 17.5 Å². The van der Waals surface area contributed by atoms with Crippen LogP contribution in [0.2, 0.25) is 0 Å². The van der Waals surface area contributed by atoms with E-state index >= 15 is 0 Å². The van der Waals surface area contributed by atoms with E-state index < -0.39 is 0 Å². The van der Waals surface area contributed by atoms with Gasteiger partial charge in [0.1, 0.15) is 12.4 Å². The molecule has 0 aliphatic carbocycles. The van der Waals surface area contributed by atoms with Crippen molar-refractivity contribution in [3.8, 4) is 5.75 Å². The Balaban J connectivity index is 1.72. The van der Waals surface area contributed by atoms with Gasteiger partial charge in [-0.3, -0.25) is 4.79 Å². The first-order valence-corrected chi connectivity index (χ1v) is 10.5. The van der Waals surface area contributed by atoms with Crippen molar-refractivity contribution in [2.75, 3.05) is 0 Å². The lowest BCUT2D eigenvalue weighted by atomic mass is 10.0. The van der Waals surface area contributed by atoms with Gasteiger partial charge in [-0.1, -0.05) is 92.6 Å². The van der Waals surface area contributed by atoms with Crippen LogP contribution in [0.3, 0.4) is 0 Å². The molecule has 0 saturated heterocycles. The van der Waals surface area contributed by atoms with Crippen molar-refractivity contribution in [2.45, 2.75) is 39.2 Å². The average Bonchev–Trinajstić information content (AvgIpc) is 2.81. The first-order valence-electron chi connectivity index (χ1n) is 10.5. The second kappa shape index (κ2) is 11.6. The third kappa shape index (κ3) is 6.31. The van der Waals surface area contributed by atoms with E-state index in [1.807, 2.05) is 72.8 Å². The maximum Gasteiger partial charge on any atom is 0.275 e. The van der Waals surface area contributed by atoms with E-state index in [-0.39, 0.29) is 5.91 Å². The normalized spacial score (nSPS) is 11.2. The third-order valence-electron chi connectivity index (χ3n) is 4.79. The fourth-order valence-corrected chi connectivity index (χ4v) is 3.13. The number of amides is 1. The van der Waals surface area contributed by atoms with E-state index in [4.69, 9.17) is 4.74 Å². The molecule has 1 amide bonds. The highest BCUT2D eigenvalue weighted by Gasteiger charge is 2.13. The molecule has 4 heteroatoms. The van der Waals surface area contributed by atoms with Gasteiger partial charge < -0.3 is 4.74 Å². The number of carbonyl (C=O) groups is 1. The topological polar surface area (TPSA) is 50.7 Å². The van der Waals surface area contributed by atoms with Crippen molar-refractivity contribution in [1.29, 1.82) is 0 Å². The summed E-state index contributed by atoms with van der Waals surface area (Å²) in [6.45, 7) is 2.58. The summed E-state index contributed by atoms with van der Waals surface area (Å²) in [6, 6.07) is 27.1. The van der Waals surface area contributed by atoms with Gasteiger partial charge in [0.15, 0.2) is 0 Å². The number of para-hydroxylation sites is 1. The second-order valence-electron chi connectivity index (χ2n) is 7.09. The molecule has 0 spiro atoms. The molecule has 3 aromatic rings. The average molecular weight is 401 g/mol. The standard InChI is InChI=1S/C26H28N2O2/c1-2-3-6-18-24(22-15-9-5-10-16-22)27-28-26(29)23-17-11-12-19-25(23)30-20-21-13-7-4-8-14-21/h4-5,7-17,19H,2-3,6,18,20H2,1H3,(H,28,29)/b27-24+. The zero-order valence-corrected chi connectivity index (χ0v) is 17.4. The van der Waals surface area contributed by atoms with Crippen molar-refractivity contribution >= 4 is 11.6 Å². The van der Waals surface area contributed by atoms with Crippen molar-refractivity contribution in [2.24, 2.45) is 5.10 Å². The molecule has 0 radical (unpaired) electrons. The largest absolute Gasteiger partial charge is 0.488 e. The number of hydrogen-bond acceptors (Lipinski definition) is 3. The molecular weight excluding hydrogens is 372 g/mol. The summed E-state index contributed by atoms with van der Waals surface area (Å²) < 4.78 is 5.91. The van der Waals surface area contributed by atoms with E-state index in [1.54, 1.807) is 12.1 Å². The maximum atomic E-state index is 12.8. The first-order chi connectivity index (χ1) is 14.8. The molecule has 1 N–H and O–H groups in total. The van der Waals surface area contributed by atoms with Gasteiger partial charge in [-0.15, -0.1) is 0 Å². The third-order valence-corrected chi connectivity index (χ3v) is 4.79. The Bertz CT molecular complexity index is 953. The van der Waals surface area contributed by atoms with Crippen LogP contribution < -0.4 is 10.2 Å². The Hall–Kier alpha value is -3.40. The highest BCUT2D eigenvalue weighted by atomic mass is 16.5. The molecule has 0 aliphatic heterocycles. The molecule has 30 heavy (non-hydrogen) atoms. The number of ether oxygens (including phenoxy) is 1. The number of hydrazone groups is 1. The molecule has 3 aromatic carbocycles. The molecule has 4 nitrogen and oxygen atoms in total. The lowest BCUT2D eigenvalue weighted by Gasteiger charge is -2.11. The Morgan fingerprint density at radius 1 is 0.867 bits per heavy atom. The fourth-order valence-electron chi connectivity index (χ4n) is 3.13. The number of unbranched alkanes of at least 4 members (excludes halogenated alkanes) is 2. The minimum atomic E-state index is -0.275. The molecule has 0 aliphatic rings. The summed E-state index contributed by atoms with van der Waals surface area (Å²) in [4.78, 5) is 12.8. The molecule has 154 valence electrons. The van der Waals surface area contributed by atoms with Crippen LogP contribution in [0.5, 0.6) is 5.75 Å². The number of carbonyl (C=O) groups excluding carboxylic acids is 1. The van der Waals surface area contributed by atoms with Crippen molar-refractivity contribution in [3.63, 3.8) is 0 Å². The van der Waals surface area contributed by atoms with Crippen LogP contribution in [-0.4, -0.2) is 11.6 Å². The number of rotatable bonds is 10. The Kier molecular flexibility index (Phi) is 8.22. The summed E-state index contributed by atoms with van der Waals surface area (Å²) in [6.07, 6.45) is 4.14. The van der Waals surface area contributed by atoms with Crippen molar-refractivity contribution < 1.29 is 9.53 Å². The minimum absolute atomic E-state index is 0.275. The molecule has 0 atom stereocenters. The molecule has 0 saturated carbocycles. The number of hydrogen-bond donors (Lipinski definition) is 1. The smallest absolute Gasteiger partial charge is 0.275 e. The quantitative estimate of drug-likeness (QED) is 0.258. The second-order valence-corrected chi connectivity index (χ2v) is 7.09. The van der Waals surface area contributed by atoms with E-state index in [9.17, 15) is 4.79 Å². The minimum Gasteiger partial charge on any atom is -0.488 e. The van der Waals surface area contributed by atoms with Crippen LogP contribution in [0.4, 0.5) is 0 Å². The van der Waals surface area contributed by atoms with Gasteiger partial charge in [0.25, 0.3) is 5.91 Å². The SMILES string of the molecule is CCCCC/C(=N\NC(=O)c1ccccc1OCc1ccccc1)c1ccccc1. The lowest BCUT2D eigenvalue weighted by Crippen LogP contribution is -2.21.